The molecule has 2 aromatic rings. The number of alkyl halides is 6. The molecule has 0 aliphatic carbocycles. The van der Waals surface area contributed by atoms with E-state index in [0.717, 1.165) is 24.3 Å². The van der Waals surface area contributed by atoms with Crippen molar-refractivity contribution >= 4 is 28.0 Å². The molecule has 2 rings (SSSR count). The molecular weight excluding hydrogens is 454 g/mol. The molecule has 2 nitrogen and oxygen atoms in total. The standard InChI is InChI=1S/C19H13BrF6O2/c1-10-6-12(9-13(7-10)18(21,22)23)15(19(24,25)26)5-3-11-2-4-14(17(27)28)16(20)8-11/h2-9,15H,1H3,(H,27,28)/b5-3+. The van der Waals surface area contributed by atoms with Gasteiger partial charge in [-0.25, -0.2) is 4.79 Å². The molecule has 0 amide bonds. The Labute approximate surface area is 164 Å². The van der Waals surface area contributed by atoms with Crippen LogP contribution in [0.2, 0.25) is 0 Å². The second-order valence-corrected chi connectivity index (χ2v) is 6.91. The van der Waals surface area contributed by atoms with Crippen LogP contribution in [0.5, 0.6) is 0 Å². The molecule has 0 bridgehead atoms. The second-order valence-electron chi connectivity index (χ2n) is 6.05. The summed E-state index contributed by atoms with van der Waals surface area (Å²) >= 11 is 3.02. The van der Waals surface area contributed by atoms with Gasteiger partial charge >= 0.3 is 18.3 Å². The van der Waals surface area contributed by atoms with Gasteiger partial charge in [0.2, 0.25) is 0 Å². The molecule has 1 atom stereocenters. The summed E-state index contributed by atoms with van der Waals surface area (Å²) in [6.45, 7) is 1.29. The number of rotatable bonds is 4. The van der Waals surface area contributed by atoms with Gasteiger partial charge in [0.25, 0.3) is 0 Å². The summed E-state index contributed by atoms with van der Waals surface area (Å²) in [6.07, 6.45) is -7.75. The molecule has 0 saturated carbocycles. The maximum atomic E-state index is 13.5. The SMILES string of the molecule is Cc1cc(C(/C=C/c2ccc(C(=O)O)c(Br)c2)C(F)(F)F)cc(C(F)(F)F)c1. The number of halogens is 7. The van der Waals surface area contributed by atoms with Gasteiger partial charge in [-0.15, -0.1) is 0 Å². The molecule has 0 aliphatic rings. The van der Waals surface area contributed by atoms with Crippen molar-refractivity contribution < 1.29 is 36.2 Å². The predicted octanol–water partition coefficient (Wildman–Crippen LogP) is 6.83. The molecule has 0 heterocycles. The fourth-order valence-electron chi connectivity index (χ4n) is 2.58. The molecule has 0 fully saturated rings. The third-order valence-corrected chi connectivity index (χ3v) is 4.50. The maximum absolute atomic E-state index is 13.5. The van der Waals surface area contributed by atoms with Gasteiger partial charge < -0.3 is 5.11 Å². The number of carbonyl (C=O) groups is 1. The molecule has 0 spiro atoms. The lowest BCUT2D eigenvalue weighted by Crippen LogP contribution is -2.20. The summed E-state index contributed by atoms with van der Waals surface area (Å²) in [5, 5.41) is 8.96. The molecule has 9 heteroatoms. The van der Waals surface area contributed by atoms with Gasteiger partial charge in [0.15, 0.2) is 0 Å². The molecule has 1 N–H and O–H groups in total. The number of aromatic carboxylic acids is 1. The van der Waals surface area contributed by atoms with E-state index in [1.165, 1.54) is 25.1 Å². The molecule has 0 radical (unpaired) electrons. The molecule has 1 unspecified atom stereocenters. The van der Waals surface area contributed by atoms with Gasteiger partial charge in [0.1, 0.15) is 0 Å². The van der Waals surface area contributed by atoms with Crippen LogP contribution in [0.4, 0.5) is 26.3 Å². The average Bonchev–Trinajstić information content (AvgIpc) is 2.52. The first-order valence-corrected chi connectivity index (χ1v) is 8.55. The lowest BCUT2D eigenvalue weighted by Gasteiger charge is -2.19. The number of hydrogen-bond acceptors (Lipinski definition) is 1. The van der Waals surface area contributed by atoms with E-state index in [-0.39, 0.29) is 21.2 Å². The summed E-state index contributed by atoms with van der Waals surface area (Å²) in [6, 6.07) is 6.14. The topological polar surface area (TPSA) is 37.3 Å². The Bertz CT molecular complexity index is 916. The Morgan fingerprint density at radius 1 is 1.07 bits per heavy atom. The molecule has 2 aromatic carbocycles. The predicted molar refractivity (Wildman–Crippen MR) is 95.1 cm³/mol. The number of carboxylic acids is 1. The van der Waals surface area contributed by atoms with Gasteiger partial charge in [-0.05, 0) is 58.2 Å². The largest absolute Gasteiger partial charge is 0.478 e. The number of hydrogen-bond donors (Lipinski definition) is 1. The fourth-order valence-corrected chi connectivity index (χ4v) is 3.15. The Balaban J connectivity index is 2.47. The van der Waals surface area contributed by atoms with Crippen LogP contribution < -0.4 is 0 Å². The number of carboxylic acid groups (broad SMARTS) is 1. The van der Waals surface area contributed by atoms with E-state index in [4.69, 9.17) is 5.11 Å². The van der Waals surface area contributed by atoms with Crippen LogP contribution in [0.3, 0.4) is 0 Å². The highest BCUT2D eigenvalue weighted by atomic mass is 79.9. The quantitative estimate of drug-likeness (QED) is 0.501. The van der Waals surface area contributed by atoms with Gasteiger partial charge in [-0.3, -0.25) is 0 Å². The van der Waals surface area contributed by atoms with Crippen molar-refractivity contribution in [2.24, 2.45) is 0 Å². The number of benzene rings is 2. The zero-order valence-corrected chi connectivity index (χ0v) is 15.8. The highest BCUT2D eigenvalue weighted by Crippen LogP contribution is 2.39. The van der Waals surface area contributed by atoms with Gasteiger partial charge in [-0.2, -0.15) is 26.3 Å². The van der Waals surface area contributed by atoms with Gasteiger partial charge in [0, 0.05) is 4.47 Å². The Morgan fingerprint density at radius 2 is 1.71 bits per heavy atom. The first kappa shape index (κ1) is 22.0. The zero-order chi connectivity index (χ0) is 21.3. The summed E-state index contributed by atoms with van der Waals surface area (Å²) < 4.78 is 79.5. The fraction of sp³-hybridized carbons (Fsp3) is 0.211. The summed E-state index contributed by atoms with van der Waals surface area (Å²) in [5.74, 6) is -3.47. The molecule has 0 saturated heterocycles. The highest BCUT2D eigenvalue weighted by molar-refractivity contribution is 9.10. The minimum atomic E-state index is -4.81. The van der Waals surface area contributed by atoms with Crippen LogP contribution in [-0.4, -0.2) is 17.3 Å². The van der Waals surface area contributed by atoms with E-state index < -0.39 is 35.4 Å². The Morgan fingerprint density at radius 3 is 2.21 bits per heavy atom. The van der Waals surface area contributed by atoms with Crippen molar-refractivity contribution in [3.05, 3.63) is 74.8 Å². The van der Waals surface area contributed by atoms with Crippen LogP contribution >= 0.6 is 15.9 Å². The van der Waals surface area contributed by atoms with Crippen molar-refractivity contribution in [3.63, 3.8) is 0 Å². The zero-order valence-electron chi connectivity index (χ0n) is 14.2. The Kier molecular flexibility index (Phi) is 6.27. The van der Waals surface area contributed by atoms with Crippen molar-refractivity contribution in [1.82, 2.24) is 0 Å². The average molecular weight is 467 g/mol. The minimum absolute atomic E-state index is 0.0565. The van der Waals surface area contributed by atoms with Crippen molar-refractivity contribution in [2.45, 2.75) is 25.2 Å². The molecule has 150 valence electrons. The third-order valence-electron chi connectivity index (χ3n) is 3.84. The van der Waals surface area contributed by atoms with E-state index in [2.05, 4.69) is 15.9 Å². The first-order valence-electron chi connectivity index (χ1n) is 7.75. The lowest BCUT2D eigenvalue weighted by molar-refractivity contribution is -0.142. The summed E-state index contributed by atoms with van der Waals surface area (Å²) in [4.78, 5) is 11.0. The van der Waals surface area contributed by atoms with Crippen molar-refractivity contribution in [1.29, 1.82) is 0 Å². The van der Waals surface area contributed by atoms with Crippen LogP contribution in [0.15, 0.2) is 46.9 Å². The summed E-state index contributed by atoms with van der Waals surface area (Å²) in [5.41, 5.74) is -1.44. The minimum Gasteiger partial charge on any atom is -0.478 e. The second kappa shape index (κ2) is 7.98. The van der Waals surface area contributed by atoms with Crippen molar-refractivity contribution in [2.75, 3.05) is 0 Å². The Hall–Kier alpha value is -2.29. The van der Waals surface area contributed by atoms with E-state index in [9.17, 15) is 31.1 Å². The van der Waals surface area contributed by atoms with Crippen LogP contribution in [0, 0.1) is 6.92 Å². The molecular formula is C19H13BrF6O2. The van der Waals surface area contributed by atoms with E-state index >= 15 is 0 Å². The van der Waals surface area contributed by atoms with Crippen molar-refractivity contribution in [3.8, 4) is 0 Å². The summed E-state index contributed by atoms with van der Waals surface area (Å²) in [7, 11) is 0. The van der Waals surface area contributed by atoms with E-state index in [1.54, 1.807) is 0 Å². The molecule has 0 aliphatic heterocycles. The molecule has 28 heavy (non-hydrogen) atoms. The van der Waals surface area contributed by atoms with E-state index in [1.807, 2.05) is 0 Å². The highest BCUT2D eigenvalue weighted by Gasteiger charge is 2.40. The van der Waals surface area contributed by atoms with E-state index in [0.29, 0.717) is 6.07 Å². The lowest BCUT2D eigenvalue weighted by atomic mass is 9.93. The maximum Gasteiger partial charge on any atom is 0.416 e. The number of allylic oxidation sites excluding steroid dienone is 1. The van der Waals surface area contributed by atoms with Gasteiger partial charge in [0.05, 0.1) is 17.0 Å². The van der Waals surface area contributed by atoms with Gasteiger partial charge in [-0.1, -0.05) is 29.8 Å². The molecule has 0 aromatic heterocycles. The smallest absolute Gasteiger partial charge is 0.416 e. The van der Waals surface area contributed by atoms with Crippen LogP contribution in [0.25, 0.3) is 6.08 Å². The monoisotopic (exact) mass is 466 g/mol. The third kappa shape index (κ3) is 5.37. The van der Waals surface area contributed by atoms with Crippen LogP contribution in [0.1, 0.15) is 38.5 Å². The normalized spacial score (nSPS) is 13.7. The van der Waals surface area contributed by atoms with Crippen LogP contribution in [-0.2, 0) is 6.18 Å². The first-order chi connectivity index (χ1) is 12.8. The number of aryl methyl sites for hydroxylation is 1.